The molecule has 0 saturated carbocycles. The van der Waals surface area contributed by atoms with Crippen LogP contribution in [0.25, 0.3) is 0 Å². The molecule has 1 aliphatic heterocycles. The molecule has 3 atom stereocenters. The van der Waals surface area contributed by atoms with Gasteiger partial charge in [-0.25, -0.2) is 4.79 Å². The number of allylic oxidation sites excluding steroid dienone is 2. The lowest BCUT2D eigenvalue weighted by Gasteiger charge is -2.35. The van der Waals surface area contributed by atoms with Gasteiger partial charge in [0.15, 0.2) is 0 Å². The van der Waals surface area contributed by atoms with E-state index in [-0.39, 0.29) is 11.8 Å². The zero-order chi connectivity index (χ0) is 12.7. The van der Waals surface area contributed by atoms with Gasteiger partial charge in [0.2, 0.25) is 0 Å². The number of aliphatic carboxylic acids is 1. The number of carboxylic acids is 1. The number of nitrogens with one attached hydrogen (secondary N) is 1. The Morgan fingerprint density at radius 1 is 1.50 bits per heavy atom. The van der Waals surface area contributed by atoms with E-state index in [4.69, 9.17) is 4.74 Å². The fourth-order valence-corrected chi connectivity index (χ4v) is 3.01. The van der Waals surface area contributed by atoms with Crippen molar-refractivity contribution in [2.75, 3.05) is 12.4 Å². The lowest BCUT2D eigenvalue weighted by Crippen LogP contribution is -2.41. The third kappa shape index (κ3) is 1.49. The zero-order valence-electron chi connectivity index (χ0n) is 10.1. The van der Waals surface area contributed by atoms with E-state index in [1.165, 1.54) is 0 Å². The molecule has 3 rings (SSSR count). The Balaban J connectivity index is 2.11. The van der Waals surface area contributed by atoms with Gasteiger partial charge < -0.3 is 15.2 Å². The molecule has 1 aromatic rings. The Labute approximate surface area is 105 Å². The van der Waals surface area contributed by atoms with E-state index in [1.807, 2.05) is 18.2 Å². The van der Waals surface area contributed by atoms with Gasteiger partial charge in [0.05, 0.1) is 12.8 Å². The Kier molecular flexibility index (Phi) is 2.51. The molecule has 0 bridgehead atoms. The van der Waals surface area contributed by atoms with Crippen molar-refractivity contribution < 1.29 is 14.6 Å². The summed E-state index contributed by atoms with van der Waals surface area (Å²) in [5, 5.41) is 12.5. The van der Waals surface area contributed by atoms with Gasteiger partial charge in [0.1, 0.15) is 11.8 Å². The van der Waals surface area contributed by atoms with Gasteiger partial charge >= 0.3 is 5.97 Å². The number of benzene rings is 1. The fraction of sp³-hybridized carbons (Fsp3) is 0.357. The summed E-state index contributed by atoms with van der Waals surface area (Å²) >= 11 is 0. The third-order valence-electron chi connectivity index (χ3n) is 3.84. The molecule has 1 aliphatic carbocycles. The number of para-hydroxylation sites is 1. The second-order valence-electron chi connectivity index (χ2n) is 4.74. The quantitative estimate of drug-likeness (QED) is 0.784. The largest absolute Gasteiger partial charge is 0.495 e. The predicted octanol–water partition coefficient (Wildman–Crippen LogP) is 2.23. The zero-order valence-corrected chi connectivity index (χ0v) is 10.1. The van der Waals surface area contributed by atoms with Gasteiger partial charge in [0, 0.05) is 11.8 Å². The molecule has 0 spiro atoms. The van der Waals surface area contributed by atoms with E-state index in [2.05, 4.69) is 17.5 Å². The average molecular weight is 245 g/mol. The lowest BCUT2D eigenvalue weighted by atomic mass is 9.79. The van der Waals surface area contributed by atoms with Crippen molar-refractivity contribution in [3.05, 3.63) is 35.9 Å². The molecule has 1 heterocycles. The SMILES string of the molecule is COc1cccc2c1N[C@H](C(=O)O)[C@@H]1CC=C[C@H]21. The summed E-state index contributed by atoms with van der Waals surface area (Å²) in [6, 6.07) is 5.29. The van der Waals surface area contributed by atoms with Crippen LogP contribution in [-0.2, 0) is 4.79 Å². The van der Waals surface area contributed by atoms with E-state index < -0.39 is 12.0 Å². The van der Waals surface area contributed by atoms with Crippen molar-refractivity contribution >= 4 is 11.7 Å². The first-order valence-electron chi connectivity index (χ1n) is 6.05. The summed E-state index contributed by atoms with van der Waals surface area (Å²) in [6.45, 7) is 0. The first-order chi connectivity index (χ1) is 8.72. The van der Waals surface area contributed by atoms with E-state index >= 15 is 0 Å². The molecule has 94 valence electrons. The molecule has 0 unspecified atom stereocenters. The summed E-state index contributed by atoms with van der Waals surface area (Å²) in [6.07, 6.45) is 4.99. The maximum Gasteiger partial charge on any atom is 0.326 e. The van der Waals surface area contributed by atoms with Crippen molar-refractivity contribution in [2.24, 2.45) is 5.92 Å². The Bertz CT molecular complexity index is 524. The second-order valence-corrected chi connectivity index (χ2v) is 4.74. The van der Waals surface area contributed by atoms with Crippen molar-refractivity contribution in [3.63, 3.8) is 0 Å². The maximum atomic E-state index is 11.4. The third-order valence-corrected chi connectivity index (χ3v) is 3.84. The number of methoxy groups -OCH3 is 1. The molecule has 0 radical (unpaired) electrons. The van der Waals surface area contributed by atoms with Crippen LogP contribution in [0.3, 0.4) is 0 Å². The van der Waals surface area contributed by atoms with Gasteiger partial charge in [-0.15, -0.1) is 0 Å². The molecule has 1 aromatic carbocycles. The van der Waals surface area contributed by atoms with Crippen molar-refractivity contribution in [1.82, 2.24) is 0 Å². The maximum absolute atomic E-state index is 11.4. The van der Waals surface area contributed by atoms with Crippen molar-refractivity contribution in [2.45, 2.75) is 18.4 Å². The van der Waals surface area contributed by atoms with Crippen LogP contribution in [0.2, 0.25) is 0 Å². The molecular weight excluding hydrogens is 230 g/mol. The highest BCUT2D eigenvalue weighted by atomic mass is 16.5. The molecule has 0 fully saturated rings. The topological polar surface area (TPSA) is 58.6 Å². The highest BCUT2D eigenvalue weighted by molar-refractivity contribution is 5.82. The van der Waals surface area contributed by atoms with Gasteiger partial charge in [-0.2, -0.15) is 0 Å². The number of fused-ring (bicyclic) bond motifs is 3. The Hall–Kier alpha value is -1.97. The van der Waals surface area contributed by atoms with Crippen LogP contribution in [0.4, 0.5) is 5.69 Å². The fourth-order valence-electron chi connectivity index (χ4n) is 3.01. The minimum atomic E-state index is -0.801. The van der Waals surface area contributed by atoms with Crippen LogP contribution >= 0.6 is 0 Å². The number of ether oxygens (including phenoxy) is 1. The molecule has 4 nitrogen and oxygen atoms in total. The van der Waals surface area contributed by atoms with Crippen LogP contribution in [0.1, 0.15) is 17.9 Å². The monoisotopic (exact) mass is 245 g/mol. The number of carbonyl (C=O) groups is 1. The molecule has 4 heteroatoms. The molecular formula is C14H15NO3. The van der Waals surface area contributed by atoms with Crippen molar-refractivity contribution in [1.29, 1.82) is 0 Å². The van der Waals surface area contributed by atoms with Crippen LogP contribution in [-0.4, -0.2) is 24.2 Å². The summed E-state index contributed by atoms with van der Waals surface area (Å²) < 4.78 is 5.31. The summed E-state index contributed by atoms with van der Waals surface area (Å²) in [4.78, 5) is 11.4. The van der Waals surface area contributed by atoms with Crippen LogP contribution in [0.15, 0.2) is 30.4 Å². The van der Waals surface area contributed by atoms with E-state index in [1.54, 1.807) is 7.11 Å². The van der Waals surface area contributed by atoms with E-state index in [0.29, 0.717) is 5.75 Å². The Morgan fingerprint density at radius 3 is 3.06 bits per heavy atom. The highest BCUT2D eigenvalue weighted by Crippen LogP contribution is 2.47. The standard InChI is InChI=1S/C14H15NO3/c1-18-11-7-3-6-9-8-4-2-5-10(8)13(14(16)17)15-12(9)11/h2-4,6-8,10,13,15H,5H2,1H3,(H,16,17)/t8-,10-,13+/m1/s1. The normalized spacial score (nSPS) is 28.2. The number of rotatable bonds is 2. The molecule has 2 N–H and O–H groups in total. The van der Waals surface area contributed by atoms with E-state index in [0.717, 1.165) is 17.7 Å². The van der Waals surface area contributed by atoms with Crippen LogP contribution < -0.4 is 10.1 Å². The first-order valence-corrected chi connectivity index (χ1v) is 6.05. The van der Waals surface area contributed by atoms with Crippen LogP contribution in [0.5, 0.6) is 5.75 Å². The van der Waals surface area contributed by atoms with Gasteiger partial charge in [-0.1, -0.05) is 24.3 Å². The van der Waals surface area contributed by atoms with Gasteiger partial charge in [-0.05, 0) is 18.1 Å². The first kappa shape index (κ1) is 11.1. The summed E-state index contributed by atoms with van der Waals surface area (Å²) in [7, 11) is 1.60. The minimum Gasteiger partial charge on any atom is -0.495 e. The van der Waals surface area contributed by atoms with E-state index in [9.17, 15) is 9.90 Å². The molecule has 2 aliphatic rings. The minimum absolute atomic E-state index is 0.0992. The number of hydrogen-bond acceptors (Lipinski definition) is 3. The van der Waals surface area contributed by atoms with Crippen molar-refractivity contribution in [3.8, 4) is 5.75 Å². The predicted molar refractivity (Wildman–Crippen MR) is 68.0 cm³/mol. The summed E-state index contributed by atoms with van der Waals surface area (Å²) in [5.74, 6) is 0.183. The lowest BCUT2D eigenvalue weighted by molar-refractivity contribution is -0.139. The Morgan fingerprint density at radius 2 is 2.33 bits per heavy atom. The van der Waals surface area contributed by atoms with Gasteiger partial charge in [-0.3, -0.25) is 0 Å². The highest BCUT2D eigenvalue weighted by Gasteiger charge is 2.41. The van der Waals surface area contributed by atoms with Gasteiger partial charge in [0.25, 0.3) is 0 Å². The molecule has 18 heavy (non-hydrogen) atoms. The number of hydrogen-bond donors (Lipinski definition) is 2. The molecule has 0 saturated heterocycles. The number of anilines is 1. The summed E-state index contributed by atoms with van der Waals surface area (Å²) in [5.41, 5.74) is 1.95. The number of carboxylic acid groups (broad SMARTS) is 1. The van der Waals surface area contributed by atoms with Crippen LogP contribution in [0, 0.1) is 5.92 Å². The molecule has 0 aromatic heterocycles. The molecule has 0 amide bonds. The average Bonchev–Trinajstić information content (AvgIpc) is 2.86. The smallest absolute Gasteiger partial charge is 0.326 e. The second kappa shape index (κ2) is 4.05.